The van der Waals surface area contributed by atoms with E-state index in [1.165, 1.54) is 37.6 Å². The van der Waals surface area contributed by atoms with Crippen LogP contribution in [0.25, 0.3) is 32.9 Å². The molecule has 0 amide bonds. The second-order valence-electron chi connectivity index (χ2n) is 11.3. The van der Waals surface area contributed by atoms with Gasteiger partial charge in [-0.2, -0.15) is 16.8 Å². The molecule has 2 aromatic carbocycles. The number of nitrogens with two attached hydrogens (primary N) is 1. The predicted octanol–water partition coefficient (Wildman–Crippen LogP) is 3.79. The largest absolute Gasteiger partial charge is 0.493 e. The number of anilines is 1. The Morgan fingerprint density at radius 1 is 0.840 bits per heavy atom. The van der Waals surface area contributed by atoms with Crippen molar-refractivity contribution in [3.8, 4) is 28.5 Å². The van der Waals surface area contributed by atoms with Crippen LogP contribution in [0.1, 0.15) is 5.56 Å². The average Bonchev–Trinajstić information content (AvgIpc) is 3.06. The van der Waals surface area contributed by atoms with E-state index >= 15 is 0 Å². The number of benzene rings is 2. The monoisotopic (exact) mass is 733 g/mol. The van der Waals surface area contributed by atoms with Gasteiger partial charge >= 0.3 is 0 Å². The lowest BCUT2D eigenvalue weighted by atomic mass is 10.0. The van der Waals surface area contributed by atoms with Crippen molar-refractivity contribution in [2.24, 2.45) is 0 Å². The van der Waals surface area contributed by atoms with Gasteiger partial charge in [0.1, 0.15) is 18.2 Å². The van der Waals surface area contributed by atoms with E-state index in [4.69, 9.17) is 19.9 Å². The molecule has 0 aliphatic heterocycles. The molecule has 5 aromatic rings. The Labute approximate surface area is 286 Å². The van der Waals surface area contributed by atoms with Crippen molar-refractivity contribution in [2.75, 3.05) is 51.2 Å². The van der Waals surface area contributed by atoms with Crippen molar-refractivity contribution in [1.82, 2.24) is 19.9 Å². The molecule has 14 nitrogen and oxygen atoms in total. The molecule has 50 heavy (non-hydrogen) atoms. The molecule has 18 heteroatoms. The van der Waals surface area contributed by atoms with Crippen molar-refractivity contribution in [3.63, 3.8) is 0 Å². The number of methoxy groups -OCH3 is 2. The maximum Gasteiger partial charge on any atom is 0.266 e. The van der Waals surface area contributed by atoms with Gasteiger partial charge in [-0.3, -0.25) is 24.0 Å². The zero-order chi connectivity index (χ0) is 36.2. The summed E-state index contributed by atoms with van der Waals surface area (Å²) >= 11 is 0. The maximum atomic E-state index is 14.1. The SMILES string of the molecule is COc1cc2ncc3c(N)nc(-c4cncc(OCC(Cc5ccc(F)c(F)c5)N(CCS(=O)(=O)O)CCS(=O)(=O)O)c4)cc3c2cc1OC. The molecule has 266 valence electrons. The Morgan fingerprint density at radius 3 is 2.16 bits per heavy atom. The minimum Gasteiger partial charge on any atom is -0.493 e. The summed E-state index contributed by atoms with van der Waals surface area (Å²) in [5, 5.41) is 2.05. The standard InChI is InChI=1S/C32H33F2N5O9S2/c1-46-30-13-24-23-12-28(38-32(35)25(23)17-37-29(24)14-31(30)47-2)20-11-22(16-36-15-20)48-18-21(9-19-3-4-26(33)27(34)10-19)39(5-7-49(40,41)42)6-8-50(43,44)45/h3-4,10-17,21H,5-9,18H2,1-2H3,(H2,35,38)(H,40,41,42)(H,43,44,45). The van der Waals surface area contributed by atoms with Gasteiger partial charge in [0.05, 0.1) is 43.1 Å². The fourth-order valence-corrected chi connectivity index (χ4v) is 6.34. The molecule has 3 heterocycles. The lowest BCUT2D eigenvalue weighted by molar-refractivity contribution is 0.145. The molecular weight excluding hydrogens is 701 g/mol. The first-order chi connectivity index (χ1) is 23.6. The van der Waals surface area contributed by atoms with Crippen LogP contribution >= 0.6 is 0 Å². The zero-order valence-corrected chi connectivity index (χ0v) is 28.4. The van der Waals surface area contributed by atoms with Crippen LogP contribution < -0.4 is 19.9 Å². The fourth-order valence-electron chi connectivity index (χ4n) is 5.41. The number of halogens is 2. The third-order valence-corrected chi connectivity index (χ3v) is 9.31. The third kappa shape index (κ3) is 9.07. The van der Waals surface area contributed by atoms with E-state index in [9.17, 15) is 34.7 Å². The Balaban J connectivity index is 1.48. The van der Waals surface area contributed by atoms with Gasteiger partial charge in [0, 0.05) is 53.9 Å². The molecule has 5 rings (SSSR count). The lowest BCUT2D eigenvalue weighted by Crippen LogP contribution is -2.45. The van der Waals surface area contributed by atoms with Crippen LogP contribution in [-0.2, 0) is 26.7 Å². The van der Waals surface area contributed by atoms with Crippen LogP contribution in [0.15, 0.2) is 61.1 Å². The van der Waals surface area contributed by atoms with Gasteiger partial charge in [0.2, 0.25) is 0 Å². The molecule has 1 atom stereocenters. The van der Waals surface area contributed by atoms with E-state index < -0.39 is 49.4 Å². The molecular formula is C32H33F2N5O9S2. The van der Waals surface area contributed by atoms with Gasteiger partial charge in [-0.15, -0.1) is 0 Å². The first kappa shape index (κ1) is 36.5. The Kier molecular flexibility index (Phi) is 11.0. The van der Waals surface area contributed by atoms with Crippen LogP contribution in [0.5, 0.6) is 17.2 Å². The highest BCUT2D eigenvalue weighted by atomic mass is 32.2. The molecule has 4 N–H and O–H groups in total. The number of hydrogen-bond acceptors (Lipinski definition) is 12. The summed E-state index contributed by atoms with van der Waals surface area (Å²) in [6.45, 7) is -0.972. The Morgan fingerprint density at radius 2 is 1.52 bits per heavy atom. The zero-order valence-electron chi connectivity index (χ0n) is 26.8. The van der Waals surface area contributed by atoms with Gasteiger partial charge in [-0.05, 0) is 47.7 Å². The van der Waals surface area contributed by atoms with Gasteiger partial charge in [0.25, 0.3) is 20.2 Å². The number of fused-ring (bicyclic) bond motifs is 3. The molecule has 0 spiro atoms. The van der Waals surface area contributed by atoms with Crippen LogP contribution in [0.2, 0.25) is 0 Å². The highest BCUT2D eigenvalue weighted by molar-refractivity contribution is 7.86. The highest BCUT2D eigenvalue weighted by Crippen LogP contribution is 2.37. The minimum atomic E-state index is -4.48. The van der Waals surface area contributed by atoms with E-state index in [-0.39, 0.29) is 37.7 Å². The molecule has 0 radical (unpaired) electrons. The first-order valence-corrected chi connectivity index (χ1v) is 18.1. The first-order valence-electron chi connectivity index (χ1n) is 14.9. The fraction of sp³-hybridized carbons (Fsp3) is 0.281. The van der Waals surface area contributed by atoms with Gasteiger partial charge in [0.15, 0.2) is 23.1 Å². The summed E-state index contributed by atoms with van der Waals surface area (Å²) in [5.41, 5.74) is 8.22. The van der Waals surface area contributed by atoms with Gasteiger partial charge in [-0.25, -0.2) is 13.8 Å². The van der Waals surface area contributed by atoms with E-state index in [2.05, 4.69) is 15.0 Å². The normalized spacial score (nSPS) is 12.8. The summed E-state index contributed by atoms with van der Waals surface area (Å²) in [4.78, 5) is 14.6. The quantitative estimate of drug-likeness (QED) is 0.104. The minimum absolute atomic E-state index is 0.0562. The van der Waals surface area contributed by atoms with Crippen molar-refractivity contribution in [3.05, 3.63) is 78.3 Å². The van der Waals surface area contributed by atoms with Crippen LogP contribution in [0.4, 0.5) is 14.6 Å². The van der Waals surface area contributed by atoms with Crippen molar-refractivity contribution >= 4 is 47.7 Å². The van der Waals surface area contributed by atoms with Crippen molar-refractivity contribution in [1.29, 1.82) is 0 Å². The third-order valence-electron chi connectivity index (χ3n) is 7.91. The van der Waals surface area contributed by atoms with Gasteiger partial charge < -0.3 is 19.9 Å². The second-order valence-corrected chi connectivity index (χ2v) is 14.4. The molecule has 0 aliphatic rings. The van der Waals surface area contributed by atoms with Crippen LogP contribution in [-0.4, -0.2) is 97.3 Å². The Bertz CT molecular complexity index is 2230. The average molecular weight is 734 g/mol. The number of rotatable bonds is 15. The van der Waals surface area contributed by atoms with E-state index in [1.807, 2.05) is 0 Å². The van der Waals surface area contributed by atoms with E-state index in [0.29, 0.717) is 39.2 Å². The number of hydrogen-bond donors (Lipinski definition) is 3. The van der Waals surface area contributed by atoms with E-state index in [1.54, 1.807) is 30.5 Å². The topological polar surface area (TPSA) is 204 Å². The number of pyridine rings is 3. The molecule has 1 unspecified atom stereocenters. The van der Waals surface area contributed by atoms with Crippen molar-refractivity contribution in [2.45, 2.75) is 12.5 Å². The molecule has 0 saturated heterocycles. The lowest BCUT2D eigenvalue weighted by Gasteiger charge is -2.31. The van der Waals surface area contributed by atoms with Crippen LogP contribution in [0.3, 0.4) is 0 Å². The summed E-state index contributed by atoms with van der Waals surface area (Å²) in [7, 11) is -5.93. The van der Waals surface area contributed by atoms with Gasteiger partial charge in [-0.1, -0.05) is 6.07 Å². The Hall–Kier alpha value is -4.75. The number of nitrogen functional groups attached to an aromatic ring is 1. The van der Waals surface area contributed by atoms with Crippen LogP contribution in [0, 0.1) is 11.6 Å². The predicted molar refractivity (Wildman–Crippen MR) is 182 cm³/mol. The number of nitrogens with zero attached hydrogens (tertiary/aromatic N) is 4. The smallest absolute Gasteiger partial charge is 0.266 e. The number of aromatic nitrogens is 3. The molecule has 0 fully saturated rings. The summed E-state index contributed by atoms with van der Waals surface area (Å²) in [5.74, 6) is -2.33. The second kappa shape index (κ2) is 15.0. The number of ether oxygens (including phenoxy) is 3. The van der Waals surface area contributed by atoms with Crippen molar-refractivity contribution < 1.29 is 48.9 Å². The summed E-state index contributed by atoms with van der Waals surface area (Å²) in [6.07, 6.45) is 4.49. The van der Waals surface area contributed by atoms with E-state index in [0.717, 1.165) is 22.9 Å². The maximum absolute atomic E-state index is 14.1. The highest BCUT2D eigenvalue weighted by Gasteiger charge is 2.24. The summed E-state index contributed by atoms with van der Waals surface area (Å²) < 4.78 is 110. The molecule has 0 bridgehead atoms. The molecule has 0 saturated carbocycles. The molecule has 3 aromatic heterocycles. The summed E-state index contributed by atoms with van der Waals surface area (Å²) in [6, 6.07) is 9.30. The molecule has 0 aliphatic carbocycles.